The Hall–Kier alpha value is -2.38. The van der Waals surface area contributed by atoms with Gasteiger partial charge in [0.25, 0.3) is 0 Å². The highest BCUT2D eigenvalue weighted by Crippen LogP contribution is 2.28. The molecule has 1 aromatic rings. The summed E-state index contributed by atoms with van der Waals surface area (Å²) in [5.74, 6) is -0.723. The van der Waals surface area contributed by atoms with Gasteiger partial charge in [-0.1, -0.05) is 12.8 Å². The lowest BCUT2D eigenvalue weighted by Gasteiger charge is -2.17. The molecule has 1 fully saturated rings. The second kappa shape index (κ2) is 11.0. The Morgan fingerprint density at radius 2 is 1.76 bits per heavy atom. The number of amides is 2. The summed E-state index contributed by atoms with van der Waals surface area (Å²) in [5.41, 5.74) is 0.763. The van der Waals surface area contributed by atoms with Crippen LogP contribution in [0.5, 0.6) is 0 Å². The van der Waals surface area contributed by atoms with E-state index in [1.165, 1.54) is 12.3 Å². The number of aromatic nitrogens is 2. The molecular weight excluding hydrogens is 388 g/mol. The molecule has 1 saturated heterocycles. The maximum absolute atomic E-state index is 12.2. The van der Waals surface area contributed by atoms with E-state index in [1.54, 1.807) is 5.48 Å². The number of hydrogen-bond donors (Lipinski definition) is 6. The van der Waals surface area contributed by atoms with Crippen LogP contribution in [0.15, 0.2) is 17.1 Å². The summed E-state index contributed by atoms with van der Waals surface area (Å²) < 4.78 is 6.25. The summed E-state index contributed by atoms with van der Waals surface area (Å²) in [6, 6.07) is 1.36. The summed E-state index contributed by atoms with van der Waals surface area (Å²) in [5, 5.41) is 39.7. The van der Waals surface area contributed by atoms with Crippen molar-refractivity contribution in [3.05, 3.63) is 22.7 Å². The third-order valence-electron chi connectivity index (χ3n) is 4.57. The van der Waals surface area contributed by atoms with Crippen molar-refractivity contribution in [2.45, 2.75) is 63.1 Å². The summed E-state index contributed by atoms with van der Waals surface area (Å²) in [4.78, 5) is 38.7. The molecule has 0 saturated carbocycles. The average Bonchev–Trinajstić information content (AvgIpc) is 2.98. The van der Waals surface area contributed by atoms with Crippen molar-refractivity contribution < 1.29 is 34.9 Å². The number of hydrogen-bond acceptors (Lipinski definition) is 9. The largest absolute Gasteiger partial charge is 0.394 e. The monoisotopic (exact) mass is 414 g/mol. The van der Waals surface area contributed by atoms with Gasteiger partial charge in [-0.2, -0.15) is 4.98 Å². The normalized spacial score (nSPS) is 23.7. The molecule has 1 aromatic heterocycles. The smallest absolute Gasteiger partial charge is 0.351 e. The molecule has 2 amide bonds. The second-order valence-electron chi connectivity index (χ2n) is 6.73. The van der Waals surface area contributed by atoms with Crippen LogP contribution in [-0.4, -0.2) is 66.8 Å². The molecule has 2 heterocycles. The molecule has 12 nitrogen and oxygen atoms in total. The number of nitrogens with zero attached hydrogens (tertiary/aromatic N) is 2. The Bertz CT molecular complexity index is 755. The van der Waals surface area contributed by atoms with Crippen molar-refractivity contribution in [2.24, 2.45) is 0 Å². The number of unbranched alkanes of at least 4 members (excludes halogenated alkanes) is 3. The molecule has 2 rings (SSSR count). The average molecular weight is 414 g/mol. The van der Waals surface area contributed by atoms with E-state index in [0.29, 0.717) is 12.8 Å². The number of rotatable bonds is 10. The Morgan fingerprint density at radius 3 is 2.31 bits per heavy atom. The lowest BCUT2D eigenvalue weighted by atomic mass is 10.1. The van der Waals surface area contributed by atoms with Crippen LogP contribution in [0.25, 0.3) is 0 Å². The van der Waals surface area contributed by atoms with E-state index in [4.69, 9.17) is 15.1 Å². The quantitative estimate of drug-likeness (QED) is 0.153. The number of ether oxygens (including phenoxy) is 1. The molecule has 0 aromatic carbocycles. The van der Waals surface area contributed by atoms with Gasteiger partial charge in [-0.05, 0) is 18.9 Å². The fourth-order valence-electron chi connectivity index (χ4n) is 2.97. The summed E-state index contributed by atoms with van der Waals surface area (Å²) in [6.45, 7) is -0.514. The number of carbonyl (C=O) groups excluding carboxylic acids is 2. The highest BCUT2D eigenvalue weighted by molar-refractivity contribution is 5.89. The van der Waals surface area contributed by atoms with E-state index in [2.05, 4.69) is 10.3 Å². The summed E-state index contributed by atoms with van der Waals surface area (Å²) in [7, 11) is 0. The van der Waals surface area contributed by atoms with Crippen LogP contribution in [0.4, 0.5) is 5.82 Å². The van der Waals surface area contributed by atoms with E-state index in [0.717, 1.165) is 17.4 Å². The van der Waals surface area contributed by atoms with Crippen LogP contribution in [-0.2, 0) is 14.3 Å². The molecule has 1 aliphatic rings. The van der Waals surface area contributed by atoms with Crippen LogP contribution in [0.3, 0.4) is 0 Å². The highest BCUT2D eigenvalue weighted by atomic mass is 16.6. The third kappa shape index (κ3) is 6.30. The zero-order chi connectivity index (χ0) is 21.4. The van der Waals surface area contributed by atoms with E-state index < -0.39 is 42.7 Å². The van der Waals surface area contributed by atoms with Crippen LogP contribution >= 0.6 is 0 Å². The van der Waals surface area contributed by atoms with Crippen molar-refractivity contribution in [1.29, 1.82) is 0 Å². The summed E-state index contributed by atoms with van der Waals surface area (Å²) >= 11 is 0. The van der Waals surface area contributed by atoms with Gasteiger partial charge in [-0.15, -0.1) is 0 Å². The Kier molecular flexibility index (Phi) is 8.67. The fraction of sp³-hybridized carbons (Fsp3) is 0.647. The molecule has 1 aliphatic heterocycles. The number of aliphatic hydroxyl groups excluding tert-OH is 3. The Morgan fingerprint density at radius 1 is 1.10 bits per heavy atom. The molecule has 162 valence electrons. The lowest BCUT2D eigenvalue weighted by molar-refractivity contribution is -0.129. The van der Waals surface area contributed by atoms with Gasteiger partial charge in [0.1, 0.15) is 24.1 Å². The van der Waals surface area contributed by atoms with Gasteiger partial charge >= 0.3 is 5.69 Å². The number of carbonyl (C=O) groups is 2. The summed E-state index contributed by atoms with van der Waals surface area (Å²) in [6.07, 6.45) is -0.585. The molecule has 0 spiro atoms. The van der Waals surface area contributed by atoms with Gasteiger partial charge in [0, 0.05) is 19.0 Å². The molecule has 0 aliphatic carbocycles. The van der Waals surface area contributed by atoms with E-state index in [1.807, 2.05) is 0 Å². The Balaban J connectivity index is 1.81. The molecule has 0 unspecified atom stereocenters. The van der Waals surface area contributed by atoms with Crippen molar-refractivity contribution in [1.82, 2.24) is 15.0 Å². The third-order valence-corrected chi connectivity index (χ3v) is 4.57. The van der Waals surface area contributed by atoms with E-state index in [-0.39, 0.29) is 24.6 Å². The molecule has 4 atom stereocenters. The number of aliphatic hydroxyl groups is 3. The first-order valence-corrected chi connectivity index (χ1v) is 9.31. The Labute approximate surface area is 166 Å². The van der Waals surface area contributed by atoms with Crippen molar-refractivity contribution in [3.8, 4) is 0 Å². The minimum absolute atomic E-state index is 0.0441. The fourth-order valence-corrected chi connectivity index (χ4v) is 2.97. The van der Waals surface area contributed by atoms with Crippen LogP contribution in [0, 0.1) is 0 Å². The molecule has 12 heteroatoms. The van der Waals surface area contributed by atoms with Crippen LogP contribution < -0.4 is 16.5 Å². The second-order valence-corrected chi connectivity index (χ2v) is 6.73. The maximum atomic E-state index is 12.2. The van der Waals surface area contributed by atoms with Crippen molar-refractivity contribution in [3.63, 3.8) is 0 Å². The topological polar surface area (TPSA) is 183 Å². The number of nitrogens with one attached hydrogen (secondary N) is 2. The van der Waals surface area contributed by atoms with Crippen molar-refractivity contribution >= 4 is 17.6 Å². The highest BCUT2D eigenvalue weighted by Gasteiger charge is 2.43. The van der Waals surface area contributed by atoms with Gasteiger partial charge < -0.3 is 25.4 Å². The first kappa shape index (κ1) is 22.9. The van der Waals surface area contributed by atoms with Crippen molar-refractivity contribution in [2.75, 3.05) is 11.9 Å². The SMILES string of the molecule is O=C(CCCCCCC(=O)Nc1ccn([C@@H]2O[C@H](CO)[C@@H](O)[C@@H]2O)c(=O)n1)NO. The number of hydroxylamine groups is 1. The van der Waals surface area contributed by atoms with E-state index >= 15 is 0 Å². The molecule has 0 radical (unpaired) electrons. The van der Waals surface area contributed by atoms with Gasteiger partial charge in [0.15, 0.2) is 6.23 Å². The minimum atomic E-state index is -1.41. The zero-order valence-electron chi connectivity index (χ0n) is 15.7. The first-order valence-electron chi connectivity index (χ1n) is 9.31. The maximum Gasteiger partial charge on any atom is 0.351 e. The molecular formula is C17H26N4O8. The zero-order valence-corrected chi connectivity index (χ0v) is 15.7. The number of anilines is 1. The van der Waals surface area contributed by atoms with Gasteiger partial charge in [-0.25, -0.2) is 10.3 Å². The van der Waals surface area contributed by atoms with Crippen LogP contribution in [0.2, 0.25) is 0 Å². The van der Waals surface area contributed by atoms with Gasteiger partial charge in [0.2, 0.25) is 11.8 Å². The standard InChI is InChI=1S/C17H26N4O8/c22-9-10-14(25)15(26)16(29-10)21-8-7-11(19-17(21)27)18-12(23)5-3-1-2-4-6-13(24)20-28/h7-8,10,14-16,22,25-26,28H,1-6,9H2,(H,20,24)(H,18,19,23,27)/t10-,14-,15+,16-/m1/s1. The van der Waals surface area contributed by atoms with Gasteiger partial charge in [0.05, 0.1) is 6.61 Å². The molecule has 29 heavy (non-hydrogen) atoms. The predicted molar refractivity (Wildman–Crippen MR) is 97.8 cm³/mol. The van der Waals surface area contributed by atoms with Gasteiger partial charge in [-0.3, -0.25) is 19.4 Å². The van der Waals surface area contributed by atoms with Crippen LogP contribution in [0.1, 0.15) is 44.8 Å². The lowest BCUT2D eigenvalue weighted by Crippen LogP contribution is -2.36. The predicted octanol–water partition coefficient (Wildman–Crippen LogP) is -1.36. The first-order chi connectivity index (χ1) is 13.9. The molecule has 0 bridgehead atoms. The van der Waals surface area contributed by atoms with E-state index in [9.17, 15) is 24.6 Å². The minimum Gasteiger partial charge on any atom is -0.394 e. The molecule has 6 N–H and O–H groups in total.